The number of carbonyl (C=O) groups excluding carboxylic acids is 1. The van der Waals surface area contributed by atoms with Crippen LogP contribution in [0.1, 0.15) is 10.4 Å². The minimum absolute atomic E-state index is 0.212. The molecule has 2 aromatic carbocycles. The molecule has 0 aliphatic carbocycles. The van der Waals surface area contributed by atoms with Crippen molar-refractivity contribution in [3.05, 3.63) is 48.0 Å². The molecular formula is C19H20N4O3. The lowest BCUT2D eigenvalue weighted by Crippen LogP contribution is -2.36. The number of amides is 1. The number of aromatic amines is 1. The van der Waals surface area contributed by atoms with Gasteiger partial charge in [-0.3, -0.25) is 10.1 Å². The van der Waals surface area contributed by atoms with E-state index in [0.717, 1.165) is 24.3 Å². The summed E-state index contributed by atoms with van der Waals surface area (Å²) in [6.07, 6.45) is 0. The first-order chi connectivity index (χ1) is 12.8. The van der Waals surface area contributed by atoms with Crippen LogP contribution in [0.2, 0.25) is 0 Å². The number of nitrogens with one attached hydrogen (secondary N) is 2. The van der Waals surface area contributed by atoms with Gasteiger partial charge >= 0.3 is 0 Å². The van der Waals surface area contributed by atoms with Gasteiger partial charge in [-0.1, -0.05) is 18.2 Å². The van der Waals surface area contributed by atoms with E-state index in [1.54, 1.807) is 19.2 Å². The fourth-order valence-corrected chi connectivity index (χ4v) is 3.11. The number of imidazole rings is 1. The van der Waals surface area contributed by atoms with Gasteiger partial charge in [0.25, 0.3) is 5.91 Å². The largest absolute Gasteiger partial charge is 0.494 e. The first-order valence-electron chi connectivity index (χ1n) is 8.52. The summed E-state index contributed by atoms with van der Waals surface area (Å²) in [6, 6.07) is 13.0. The summed E-state index contributed by atoms with van der Waals surface area (Å²) in [4.78, 5) is 22.4. The van der Waals surface area contributed by atoms with E-state index < -0.39 is 0 Å². The van der Waals surface area contributed by atoms with Gasteiger partial charge in [-0.15, -0.1) is 0 Å². The molecule has 2 heterocycles. The standard InChI is InChI=1S/C19H20N4O3/c1-25-15-8-7-14(23-9-11-26-12-10-23)16-17(15)21-19(20-16)22-18(24)13-5-3-2-4-6-13/h2-8H,9-12H2,1H3,(H2,20,21,22,24). The first kappa shape index (κ1) is 16.4. The van der Waals surface area contributed by atoms with E-state index in [1.165, 1.54) is 0 Å². The minimum atomic E-state index is -0.212. The van der Waals surface area contributed by atoms with Crippen molar-refractivity contribution in [2.24, 2.45) is 0 Å². The molecule has 1 fully saturated rings. The van der Waals surface area contributed by atoms with Crippen LogP contribution in [0.15, 0.2) is 42.5 Å². The quantitative estimate of drug-likeness (QED) is 0.755. The van der Waals surface area contributed by atoms with E-state index in [4.69, 9.17) is 9.47 Å². The number of anilines is 2. The van der Waals surface area contributed by atoms with Crippen molar-refractivity contribution < 1.29 is 14.3 Å². The average molecular weight is 352 g/mol. The van der Waals surface area contributed by atoms with E-state index in [-0.39, 0.29) is 5.91 Å². The molecule has 0 saturated carbocycles. The topological polar surface area (TPSA) is 79.5 Å². The van der Waals surface area contributed by atoms with Crippen LogP contribution in [-0.2, 0) is 4.74 Å². The lowest BCUT2D eigenvalue weighted by molar-refractivity contribution is 0.102. The molecule has 7 nitrogen and oxygen atoms in total. The van der Waals surface area contributed by atoms with Crippen LogP contribution in [-0.4, -0.2) is 49.3 Å². The number of ether oxygens (including phenoxy) is 2. The summed E-state index contributed by atoms with van der Waals surface area (Å²) in [5.74, 6) is 0.845. The summed E-state index contributed by atoms with van der Waals surface area (Å²) in [6.45, 7) is 3.01. The Kier molecular flexibility index (Phi) is 4.45. The molecule has 0 unspecified atom stereocenters. The summed E-state index contributed by atoms with van der Waals surface area (Å²) in [5, 5.41) is 2.82. The van der Waals surface area contributed by atoms with Crippen LogP contribution < -0.4 is 15.0 Å². The maximum Gasteiger partial charge on any atom is 0.257 e. The number of nitrogens with zero attached hydrogens (tertiary/aromatic N) is 2. The van der Waals surface area contributed by atoms with Gasteiger partial charge in [0.05, 0.1) is 31.5 Å². The maximum atomic E-state index is 12.4. The predicted octanol–water partition coefficient (Wildman–Crippen LogP) is 2.66. The highest BCUT2D eigenvalue weighted by Gasteiger charge is 2.19. The molecule has 0 atom stereocenters. The number of morpholine rings is 1. The molecule has 134 valence electrons. The average Bonchev–Trinajstić information content (AvgIpc) is 3.12. The van der Waals surface area contributed by atoms with E-state index in [2.05, 4.69) is 20.2 Å². The minimum Gasteiger partial charge on any atom is -0.494 e. The third kappa shape index (κ3) is 3.09. The normalized spacial score (nSPS) is 14.4. The summed E-state index contributed by atoms with van der Waals surface area (Å²) in [7, 11) is 1.61. The highest BCUT2D eigenvalue weighted by Crippen LogP contribution is 2.33. The fraction of sp³-hybridized carbons (Fsp3) is 0.263. The van der Waals surface area contributed by atoms with Crippen LogP contribution in [0.25, 0.3) is 11.0 Å². The van der Waals surface area contributed by atoms with Gasteiger partial charge in [0.1, 0.15) is 11.3 Å². The van der Waals surface area contributed by atoms with Crippen LogP contribution in [0.4, 0.5) is 11.6 Å². The Labute approximate surface area is 150 Å². The van der Waals surface area contributed by atoms with Crippen molar-refractivity contribution in [1.29, 1.82) is 0 Å². The van der Waals surface area contributed by atoms with Crippen LogP contribution >= 0.6 is 0 Å². The van der Waals surface area contributed by atoms with Gasteiger partial charge in [-0.2, -0.15) is 0 Å². The maximum absolute atomic E-state index is 12.4. The van der Waals surface area contributed by atoms with Crippen LogP contribution in [0.3, 0.4) is 0 Å². The zero-order chi connectivity index (χ0) is 17.9. The van der Waals surface area contributed by atoms with Crippen molar-refractivity contribution >= 4 is 28.6 Å². The molecule has 1 saturated heterocycles. The number of rotatable bonds is 4. The molecule has 1 amide bonds. The highest BCUT2D eigenvalue weighted by atomic mass is 16.5. The van der Waals surface area contributed by atoms with E-state index in [0.29, 0.717) is 36.0 Å². The van der Waals surface area contributed by atoms with Crippen LogP contribution in [0.5, 0.6) is 5.75 Å². The van der Waals surface area contributed by atoms with Gasteiger partial charge in [0, 0.05) is 18.7 Å². The zero-order valence-corrected chi connectivity index (χ0v) is 14.5. The van der Waals surface area contributed by atoms with Crippen LogP contribution in [0, 0.1) is 0 Å². The number of aromatic nitrogens is 2. The number of fused-ring (bicyclic) bond motifs is 1. The molecule has 4 rings (SSSR count). The molecule has 3 aromatic rings. The third-order valence-corrected chi connectivity index (χ3v) is 4.43. The van der Waals surface area contributed by atoms with Gasteiger partial charge in [0.15, 0.2) is 0 Å². The summed E-state index contributed by atoms with van der Waals surface area (Å²) < 4.78 is 10.9. The van der Waals surface area contributed by atoms with Gasteiger partial charge < -0.3 is 19.4 Å². The van der Waals surface area contributed by atoms with Crippen molar-refractivity contribution in [1.82, 2.24) is 9.97 Å². The summed E-state index contributed by atoms with van der Waals surface area (Å²) >= 11 is 0. The molecular weight excluding hydrogens is 332 g/mol. The number of benzene rings is 2. The Morgan fingerprint density at radius 2 is 1.96 bits per heavy atom. The summed E-state index contributed by atoms with van der Waals surface area (Å²) in [5.41, 5.74) is 3.14. The second-order valence-corrected chi connectivity index (χ2v) is 6.02. The Balaban J connectivity index is 1.69. The number of hydrogen-bond donors (Lipinski definition) is 2. The molecule has 26 heavy (non-hydrogen) atoms. The number of carbonyl (C=O) groups is 1. The van der Waals surface area contributed by atoms with Gasteiger partial charge in [0.2, 0.25) is 5.95 Å². The molecule has 0 radical (unpaired) electrons. The molecule has 0 bridgehead atoms. The highest BCUT2D eigenvalue weighted by molar-refractivity contribution is 6.04. The van der Waals surface area contributed by atoms with E-state index >= 15 is 0 Å². The smallest absolute Gasteiger partial charge is 0.257 e. The van der Waals surface area contributed by atoms with E-state index in [1.807, 2.05) is 30.3 Å². The number of H-pyrrole nitrogens is 1. The Morgan fingerprint density at radius 3 is 2.69 bits per heavy atom. The first-order valence-corrected chi connectivity index (χ1v) is 8.52. The second-order valence-electron chi connectivity index (χ2n) is 6.02. The third-order valence-electron chi connectivity index (χ3n) is 4.43. The molecule has 1 aliphatic rings. The van der Waals surface area contributed by atoms with Crippen molar-refractivity contribution in [2.75, 3.05) is 43.6 Å². The van der Waals surface area contributed by atoms with Crippen molar-refractivity contribution in [3.63, 3.8) is 0 Å². The molecule has 1 aliphatic heterocycles. The zero-order valence-electron chi connectivity index (χ0n) is 14.5. The SMILES string of the molecule is COc1ccc(N2CCOCC2)c2[nH]c(NC(=O)c3ccccc3)nc12. The number of hydrogen-bond acceptors (Lipinski definition) is 5. The van der Waals surface area contributed by atoms with Gasteiger partial charge in [-0.05, 0) is 24.3 Å². The number of methoxy groups -OCH3 is 1. The fourth-order valence-electron chi connectivity index (χ4n) is 3.11. The van der Waals surface area contributed by atoms with Crippen molar-refractivity contribution in [3.8, 4) is 5.75 Å². The molecule has 7 heteroatoms. The Morgan fingerprint density at radius 1 is 1.19 bits per heavy atom. The second kappa shape index (κ2) is 7.05. The van der Waals surface area contributed by atoms with E-state index in [9.17, 15) is 4.79 Å². The Hall–Kier alpha value is -3.06. The predicted molar refractivity (Wildman–Crippen MR) is 100 cm³/mol. The van der Waals surface area contributed by atoms with Gasteiger partial charge in [-0.25, -0.2) is 4.98 Å². The van der Waals surface area contributed by atoms with Crippen molar-refractivity contribution in [2.45, 2.75) is 0 Å². The lowest BCUT2D eigenvalue weighted by Gasteiger charge is -2.29. The molecule has 0 spiro atoms. The lowest BCUT2D eigenvalue weighted by atomic mass is 10.2. The monoisotopic (exact) mass is 352 g/mol. The Bertz CT molecular complexity index is 917. The molecule has 2 N–H and O–H groups in total. The molecule has 1 aromatic heterocycles.